The molecule has 0 atom stereocenters. The zero-order valence-corrected chi connectivity index (χ0v) is 12.2. The Morgan fingerprint density at radius 2 is 2.00 bits per heavy atom. The molecule has 110 valence electrons. The first-order valence-electron chi connectivity index (χ1n) is 7.29. The van der Waals surface area contributed by atoms with Crippen molar-refractivity contribution in [3.63, 3.8) is 0 Å². The maximum atomic E-state index is 11.0. The minimum absolute atomic E-state index is 0.0757. The van der Waals surface area contributed by atoms with Crippen molar-refractivity contribution in [2.45, 2.75) is 45.6 Å². The van der Waals surface area contributed by atoms with Gasteiger partial charge in [-0.3, -0.25) is 10.1 Å². The standard InChI is InChI=1S/C15H23N3O2/c1-11(2)10-17(13-5-3-4-6-13)14-7-12(16)8-15(9-14)18(19)20/h7-9,11,13H,3-6,10,16H2,1-2H3. The van der Waals surface area contributed by atoms with Crippen LogP contribution in [0.25, 0.3) is 0 Å². The van der Waals surface area contributed by atoms with Gasteiger partial charge in [0.1, 0.15) is 0 Å². The molecule has 1 aliphatic carbocycles. The van der Waals surface area contributed by atoms with Gasteiger partial charge < -0.3 is 10.6 Å². The fourth-order valence-electron chi connectivity index (χ4n) is 2.96. The van der Waals surface area contributed by atoms with Gasteiger partial charge in [0.15, 0.2) is 0 Å². The Hall–Kier alpha value is -1.78. The Kier molecular flexibility index (Phi) is 4.47. The normalized spacial score (nSPS) is 15.8. The van der Waals surface area contributed by atoms with Crippen LogP contribution in [0.2, 0.25) is 0 Å². The number of nitrogens with two attached hydrogens (primary N) is 1. The van der Waals surface area contributed by atoms with E-state index in [2.05, 4.69) is 18.7 Å². The molecule has 0 unspecified atom stereocenters. The van der Waals surface area contributed by atoms with E-state index in [1.807, 2.05) is 6.07 Å². The van der Waals surface area contributed by atoms with E-state index in [1.165, 1.54) is 18.9 Å². The summed E-state index contributed by atoms with van der Waals surface area (Å²) < 4.78 is 0. The first kappa shape index (κ1) is 14.6. The Labute approximate surface area is 119 Å². The highest BCUT2D eigenvalue weighted by Gasteiger charge is 2.25. The van der Waals surface area contributed by atoms with Gasteiger partial charge in [-0.25, -0.2) is 0 Å². The average molecular weight is 277 g/mol. The quantitative estimate of drug-likeness (QED) is 0.507. The number of hydrogen-bond acceptors (Lipinski definition) is 4. The lowest BCUT2D eigenvalue weighted by molar-refractivity contribution is -0.384. The van der Waals surface area contributed by atoms with Crippen LogP contribution in [0, 0.1) is 16.0 Å². The number of nitro benzene ring substituents is 1. The third-order valence-corrected chi connectivity index (χ3v) is 3.79. The molecule has 5 heteroatoms. The number of nitrogen functional groups attached to an aromatic ring is 1. The van der Waals surface area contributed by atoms with Crippen molar-refractivity contribution in [1.82, 2.24) is 0 Å². The van der Waals surface area contributed by atoms with Gasteiger partial charge in [0.25, 0.3) is 5.69 Å². The molecule has 1 aromatic carbocycles. The number of nitro groups is 1. The van der Waals surface area contributed by atoms with E-state index in [-0.39, 0.29) is 10.6 Å². The summed E-state index contributed by atoms with van der Waals surface area (Å²) >= 11 is 0. The van der Waals surface area contributed by atoms with E-state index in [1.54, 1.807) is 6.07 Å². The summed E-state index contributed by atoms with van der Waals surface area (Å²) in [5.41, 5.74) is 7.25. The van der Waals surface area contributed by atoms with Gasteiger partial charge in [-0.05, 0) is 24.8 Å². The second-order valence-electron chi connectivity index (χ2n) is 6.02. The molecule has 0 radical (unpaired) electrons. The second kappa shape index (κ2) is 6.11. The molecule has 1 aliphatic rings. The van der Waals surface area contributed by atoms with Crippen molar-refractivity contribution in [1.29, 1.82) is 0 Å². The number of rotatable bonds is 5. The Balaban J connectivity index is 2.34. The van der Waals surface area contributed by atoms with E-state index < -0.39 is 0 Å². The van der Waals surface area contributed by atoms with Crippen LogP contribution in [0.3, 0.4) is 0 Å². The highest BCUT2D eigenvalue weighted by atomic mass is 16.6. The summed E-state index contributed by atoms with van der Waals surface area (Å²) in [6.45, 7) is 5.25. The highest BCUT2D eigenvalue weighted by Crippen LogP contribution is 2.32. The average Bonchev–Trinajstić information content (AvgIpc) is 2.88. The Morgan fingerprint density at radius 1 is 1.35 bits per heavy atom. The summed E-state index contributed by atoms with van der Waals surface area (Å²) in [4.78, 5) is 12.9. The Bertz CT molecular complexity index is 482. The second-order valence-corrected chi connectivity index (χ2v) is 6.02. The van der Waals surface area contributed by atoms with Gasteiger partial charge in [-0.2, -0.15) is 0 Å². The van der Waals surface area contributed by atoms with E-state index in [4.69, 9.17) is 5.73 Å². The fourth-order valence-corrected chi connectivity index (χ4v) is 2.96. The van der Waals surface area contributed by atoms with Gasteiger partial charge in [-0.15, -0.1) is 0 Å². The van der Waals surface area contributed by atoms with Crippen LogP contribution in [0.15, 0.2) is 18.2 Å². The van der Waals surface area contributed by atoms with Crippen LogP contribution in [-0.2, 0) is 0 Å². The van der Waals surface area contributed by atoms with Crippen LogP contribution >= 0.6 is 0 Å². The molecule has 1 aromatic rings. The van der Waals surface area contributed by atoms with E-state index in [0.717, 1.165) is 25.1 Å². The number of anilines is 2. The molecule has 0 bridgehead atoms. The first-order valence-corrected chi connectivity index (χ1v) is 7.29. The number of benzene rings is 1. The molecule has 0 aromatic heterocycles. The fraction of sp³-hybridized carbons (Fsp3) is 0.600. The van der Waals surface area contributed by atoms with Crippen molar-refractivity contribution in [2.75, 3.05) is 17.2 Å². The van der Waals surface area contributed by atoms with E-state index in [0.29, 0.717) is 17.6 Å². The molecular weight excluding hydrogens is 254 g/mol. The molecule has 0 heterocycles. The van der Waals surface area contributed by atoms with Gasteiger partial charge >= 0.3 is 0 Å². The van der Waals surface area contributed by atoms with Gasteiger partial charge in [0.05, 0.1) is 4.92 Å². The molecule has 0 spiro atoms. The van der Waals surface area contributed by atoms with Crippen molar-refractivity contribution in [2.24, 2.45) is 5.92 Å². The maximum Gasteiger partial charge on any atom is 0.273 e. The van der Waals surface area contributed by atoms with Crippen LogP contribution in [0.1, 0.15) is 39.5 Å². The predicted octanol–water partition coefficient (Wildman–Crippen LogP) is 3.58. The van der Waals surface area contributed by atoms with Gasteiger partial charge in [-0.1, -0.05) is 26.7 Å². The maximum absolute atomic E-state index is 11.0. The summed E-state index contributed by atoms with van der Waals surface area (Å²) in [6.07, 6.45) is 4.80. The highest BCUT2D eigenvalue weighted by molar-refractivity contribution is 5.63. The molecule has 0 amide bonds. The van der Waals surface area contributed by atoms with Crippen LogP contribution < -0.4 is 10.6 Å². The summed E-state index contributed by atoms with van der Waals surface area (Å²) in [7, 11) is 0. The van der Waals surface area contributed by atoms with Gasteiger partial charge in [0, 0.05) is 36.1 Å². The van der Waals surface area contributed by atoms with E-state index >= 15 is 0 Å². The smallest absolute Gasteiger partial charge is 0.273 e. The van der Waals surface area contributed by atoms with Crippen LogP contribution in [0.5, 0.6) is 0 Å². The lowest BCUT2D eigenvalue weighted by Crippen LogP contribution is -2.36. The Morgan fingerprint density at radius 3 is 2.55 bits per heavy atom. The molecule has 2 rings (SSSR count). The SMILES string of the molecule is CC(C)CN(c1cc(N)cc([N+](=O)[O-])c1)C1CCCC1. The zero-order chi connectivity index (χ0) is 14.7. The van der Waals surface area contributed by atoms with Crippen molar-refractivity contribution in [3.8, 4) is 0 Å². The van der Waals surface area contributed by atoms with Crippen molar-refractivity contribution >= 4 is 17.1 Å². The molecule has 2 N–H and O–H groups in total. The van der Waals surface area contributed by atoms with E-state index in [9.17, 15) is 10.1 Å². The predicted molar refractivity (Wildman–Crippen MR) is 81.9 cm³/mol. The first-order chi connectivity index (χ1) is 9.47. The molecule has 1 fully saturated rings. The molecule has 1 saturated carbocycles. The third-order valence-electron chi connectivity index (χ3n) is 3.79. The topological polar surface area (TPSA) is 72.4 Å². The lowest BCUT2D eigenvalue weighted by Gasteiger charge is -2.32. The van der Waals surface area contributed by atoms with Gasteiger partial charge in [0.2, 0.25) is 0 Å². The molecular formula is C15H23N3O2. The minimum atomic E-state index is -0.373. The zero-order valence-electron chi connectivity index (χ0n) is 12.2. The van der Waals surface area contributed by atoms with Crippen molar-refractivity contribution < 1.29 is 4.92 Å². The number of nitrogens with zero attached hydrogens (tertiary/aromatic N) is 2. The summed E-state index contributed by atoms with van der Waals surface area (Å²) in [5, 5.41) is 11.0. The number of non-ortho nitro benzene ring substituents is 1. The van der Waals surface area contributed by atoms with Crippen LogP contribution in [0.4, 0.5) is 17.1 Å². The van der Waals surface area contributed by atoms with Crippen molar-refractivity contribution in [3.05, 3.63) is 28.3 Å². The minimum Gasteiger partial charge on any atom is -0.398 e. The third kappa shape index (κ3) is 3.40. The van der Waals surface area contributed by atoms with Crippen LogP contribution in [-0.4, -0.2) is 17.5 Å². The molecule has 0 saturated heterocycles. The molecule has 0 aliphatic heterocycles. The monoisotopic (exact) mass is 277 g/mol. The number of hydrogen-bond donors (Lipinski definition) is 1. The lowest BCUT2D eigenvalue weighted by atomic mass is 10.1. The summed E-state index contributed by atoms with van der Waals surface area (Å²) in [6, 6.07) is 5.41. The summed E-state index contributed by atoms with van der Waals surface area (Å²) in [5.74, 6) is 0.510. The molecule has 20 heavy (non-hydrogen) atoms. The molecule has 5 nitrogen and oxygen atoms in total. The largest absolute Gasteiger partial charge is 0.398 e.